The molecular formula is C18H17N3O2S2. The Morgan fingerprint density at radius 2 is 1.84 bits per heavy atom. The number of hydrogen-bond acceptors (Lipinski definition) is 6. The molecule has 5 nitrogen and oxygen atoms in total. The van der Waals surface area contributed by atoms with Gasteiger partial charge in [-0.25, -0.2) is 9.97 Å². The van der Waals surface area contributed by atoms with Gasteiger partial charge in [-0.3, -0.25) is 4.79 Å². The van der Waals surface area contributed by atoms with Crippen molar-refractivity contribution in [3.63, 3.8) is 0 Å². The van der Waals surface area contributed by atoms with Crippen molar-refractivity contribution < 1.29 is 9.21 Å². The van der Waals surface area contributed by atoms with Gasteiger partial charge in [-0.05, 0) is 31.2 Å². The van der Waals surface area contributed by atoms with Crippen LogP contribution in [0.5, 0.6) is 0 Å². The Bertz CT molecular complexity index is 837. The van der Waals surface area contributed by atoms with Crippen LogP contribution >= 0.6 is 23.5 Å². The molecule has 7 heteroatoms. The molecule has 0 bridgehead atoms. The maximum absolute atomic E-state index is 12.0. The zero-order valence-electron chi connectivity index (χ0n) is 13.6. The molecule has 25 heavy (non-hydrogen) atoms. The van der Waals surface area contributed by atoms with Gasteiger partial charge in [-0.15, -0.1) is 0 Å². The van der Waals surface area contributed by atoms with Crippen LogP contribution in [0.4, 0.5) is 0 Å². The largest absolute Gasteiger partial charge is 0.465 e. The first kappa shape index (κ1) is 17.6. The van der Waals surface area contributed by atoms with E-state index in [0.29, 0.717) is 6.54 Å². The summed E-state index contributed by atoms with van der Waals surface area (Å²) in [6.45, 7) is 2.26. The van der Waals surface area contributed by atoms with Crippen LogP contribution in [-0.4, -0.2) is 21.6 Å². The highest BCUT2D eigenvalue weighted by molar-refractivity contribution is 8.02. The number of carbonyl (C=O) groups excluding carboxylic acids is 1. The standard InChI is InChI=1S/C18H17N3O2S2/c1-13-7-8-14(23-13)11-21-16(22)12-24-17-18(20-10-9-19-17)25-15-5-3-2-4-6-15/h2-10H,11-12H2,1H3,(H,21,22). The summed E-state index contributed by atoms with van der Waals surface area (Å²) in [6, 6.07) is 13.7. The zero-order chi connectivity index (χ0) is 17.5. The minimum absolute atomic E-state index is 0.0691. The molecule has 0 saturated heterocycles. The third-order valence-electron chi connectivity index (χ3n) is 3.19. The Morgan fingerprint density at radius 1 is 1.08 bits per heavy atom. The second-order valence-electron chi connectivity index (χ2n) is 5.16. The first-order valence-electron chi connectivity index (χ1n) is 7.69. The summed E-state index contributed by atoms with van der Waals surface area (Å²) in [4.78, 5) is 21.9. The van der Waals surface area contributed by atoms with Gasteiger partial charge in [-0.2, -0.15) is 0 Å². The van der Waals surface area contributed by atoms with Crippen molar-refractivity contribution in [1.82, 2.24) is 15.3 Å². The lowest BCUT2D eigenvalue weighted by Gasteiger charge is -2.07. The van der Waals surface area contributed by atoms with Gasteiger partial charge in [0.15, 0.2) is 0 Å². The number of benzene rings is 1. The summed E-state index contributed by atoms with van der Waals surface area (Å²) in [5.41, 5.74) is 0. The Hall–Kier alpha value is -2.25. The molecule has 2 heterocycles. The Labute approximate surface area is 154 Å². The van der Waals surface area contributed by atoms with E-state index in [1.54, 1.807) is 12.4 Å². The van der Waals surface area contributed by atoms with Crippen molar-refractivity contribution in [2.45, 2.75) is 28.4 Å². The number of aryl methyl sites for hydroxylation is 1. The van der Waals surface area contributed by atoms with Gasteiger partial charge in [0.2, 0.25) is 5.91 Å². The van der Waals surface area contributed by atoms with Crippen molar-refractivity contribution in [3.05, 3.63) is 66.4 Å². The molecule has 0 saturated carbocycles. The fourth-order valence-electron chi connectivity index (χ4n) is 2.03. The van der Waals surface area contributed by atoms with E-state index in [4.69, 9.17) is 4.42 Å². The fourth-order valence-corrected chi connectivity index (χ4v) is 3.79. The lowest BCUT2D eigenvalue weighted by Crippen LogP contribution is -2.24. The molecule has 3 rings (SSSR count). The summed E-state index contributed by atoms with van der Waals surface area (Å²) in [6.07, 6.45) is 3.30. The molecule has 1 amide bonds. The molecule has 1 aromatic carbocycles. The zero-order valence-corrected chi connectivity index (χ0v) is 15.3. The van der Waals surface area contributed by atoms with Crippen molar-refractivity contribution in [1.29, 1.82) is 0 Å². The molecule has 0 radical (unpaired) electrons. The molecule has 128 valence electrons. The minimum atomic E-state index is -0.0691. The summed E-state index contributed by atoms with van der Waals surface area (Å²) < 4.78 is 5.43. The van der Waals surface area contributed by atoms with Crippen LogP contribution in [0.15, 0.2) is 74.2 Å². The summed E-state index contributed by atoms with van der Waals surface area (Å²) in [5.74, 6) is 1.79. The maximum atomic E-state index is 12.0. The topological polar surface area (TPSA) is 68.0 Å². The number of carbonyl (C=O) groups is 1. The Morgan fingerprint density at radius 3 is 2.56 bits per heavy atom. The molecule has 0 aliphatic carbocycles. The van der Waals surface area contributed by atoms with Crippen molar-refractivity contribution in [2.24, 2.45) is 0 Å². The van der Waals surface area contributed by atoms with Gasteiger partial charge >= 0.3 is 0 Å². The number of nitrogens with one attached hydrogen (secondary N) is 1. The average Bonchev–Trinajstić information content (AvgIpc) is 3.05. The SMILES string of the molecule is Cc1ccc(CNC(=O)CSc2nccnc2Sc2ccccc2)o1. The molecule has 0 aliphatic heterocycles. The minimum Gasteiger partial charge on any atom is -0.465 e. The molecule has 2 aromatic heterocycles. The van der Waals surface area contributed by atoms with Gasteiger partial charge in [0.1, 0.15) is 21.6 Å². The van der Waals surface area contributed by atoms with Crippen molar-refractivity contribution >= 4 is 29.4 Å². The number of aromatic nitrogens is 2. The summed E-state index contributed by atoms with van der Waals surface area (Å²) in [5, 5.41) is 4.39. The van der Waals surface area contributed by atoms with E-state index in [0.717, 1.165) is 26.5 Å². The average molecular weight is 371 g/mol. The summed E-state index contributed by atoms with van der Waals surface area (Å²) >= 11 is 2.92. The number of furan rings is 1. The van der Waals surface area contributed by atoms with Crippen LogP contribution in [0.2, 0.25) is 0 Å². The monoisotopic (exact) mass is 371 g/mol. The molecule has 1 N–H and O–H groups in total. The van der Waals surface area contributed by atoms with Crippen molar-refractivity contribution in [3.8, 4) is 0 Å². The van der Waals surface area contributed by atoms with Crippen LogP contribution in [0.25, 0.3) is 0 Å². The van der Waals surface area contributed by atoms with Gasteiger partial charge < -0.3 is 9.73 Å². The van der Waals surface area contributed by atoms with Crippen LogP contribution in [0.1, 0.15) is 11.5 Å². The molecule has 0 aliphatic rings. The highest BCUT2D eigenvalue weighted by Gasteiger charge is 2.11. The predicted octanol–water partition coefficient (Wildman–Crippen LogP) is 3.94. The Balaban J connectivity index is 1.55. The first-order chi connectivity index (χ1) is 12.2. The van der Waals surface area contributed by atoms with Gasteiger partial charge in [-0.1, -0.05) is 41.7 Å². The van der Waals surface area contributed by atoms with Gasteiger partial charge in [0.25, 0.3) is 0 Å². The molecule has 3 aromatic rings. The highest BCUT2D eigenvalue weighted by Crippen LogP contribution is 2.32. The van der Waals surface area contributed by atoms with Crippen LogP contribution in [0, 0.1) is 6.92 Å². The maximum Gasteiger partial charge on any atom is 0.230 e. The quantitative estimate of drug-likeness (QED) is 0.635. The number of thioether (sulfide) groups is 1. The lowest BCUT2D eigenvalue weighted by atomic mass is 10.4. The van der Waals surface area contributed by atoms with E-state index >= 15 is 0 Å². The molecule has 0 fully saturated rings. The van der Waals surface area contributed by atoms with Gasteiger partial charge in [0, 0.05) is 17.3 Å². The van der Waals surface area contributed by atoms with Crippen molar-refractivity contribution in [2.75, 3.05) is 5.75 Å². The molecular weight excluding hydrogens is 354 g/mol. The lowest BCUT2D eigenvalue weighted by molar-refractivity contribution is -0.118. The molecule has 0 atom stereocenters. The number of hydrogen-bond donors (Lipinski definition) is 1. The highest BCUT2D eigenvalue weighted by atomic mass is 32.2. The first-order valence-corrected chi connectivity index (χ1v) is 9.49. The van der Waals surface area contributed by atoms with Gasteiger partial charge in [0.05, 0.1) is 12.3 Å². The van der Waals surface area contributed by atoms with E-state index < -0.39 is 0 Å². The third-order valence-corrected chi connectivity index (χ3v) is 5.29. The second-order valence-corrected chi connectivity index (χ2v) is 7.19. The van der Waals surface area contributed by atoms with E-state index in [-0.39, 0.29) is 11.7 Å². The van der Waals surface area contributed by atoms with E-state index in [9.17, 15) is 4.79 Å². The predicted molar refractivity (Wildman–Crippen MR) is 98.6 cm³/mol. The van der Waals surface area contributed by atoms with Crippen LogP contribution in [0.3, 0.4) is 0 Å². The number of rotatable bonds is 7. The van der Waals surface area contributed by atoms with E-state index in [1.807, 2.05) is 49.4 Å². The fraction of sp³-hybridized carbons (Fsp3) is 0.167. The normalized spacial score (nSPS) is 10.6. The van der Waals surface area contributed by atoms with Crippen LogP contribution < -0.4 is 5.32 Å². The number of amides is 1. The number of nitrogens with zero attached hydrogens (tertiary/aromatic N) is 2. The summed E-state index contributed by atoms with van der Waals surface area (Å²) in [7, 11) is 0. The molecule has 0 spiro atoms. The second kappa shape index (κ2) is 8.73. The van der Waals surface area contributed by atoms with Crippen LogP contribution in [-0.2, 0) is 11.3 Å². The van der Waals surface area contributed by atoms with E-state index in [2.05, 4.69) is 15.3 Å². The smallest absolute Gasteiger partial charge is 0.230 e. The third kappa shape index (κ3) is 5.37. The molecule has 0 unspecified atom stereocenters. The van der Waals surface area contributed by atoms with E-state index in [1.165, 1.54) is 23.5 Å². The Kier molecular flexibility index (Phi) is 6.14.